The Morgan fingerprint density at radius 3 is 2.85 bits per heavy atom. The molecular formula is C16H14N3NaO4S2. The van der Waals surface area contributed by atoms with E-state index in [0.717, 1.165) is 10.2 Å². The van der Waals surface area contributed by atoms with E-state index in [1.165, 1.54) is 28.0 Å². The number of hydrogen-bond acceptors (Lipinski definition) is 8. The van der Waals surface area contributed by atoms with Crippen LogP contribution in [0.25, 0.3) is 10.2 Å². The standard InChI is InChI=1S/C16H15N3O4S2.Na/c1-6-11-10(7(2)20)14(21)19(11)12(15(22)23)13(6)25-16-18-8-5-17-4-3-9(8)24-16;/h3-7,10-11,20H,1-2H3,(H,22,23);/q;+1/p-1. The van der Waals surface area contributed by atoms with Gasteiger partial charge in [0.15, 0.2) is 4.34 Å². The molecule has 0 aromatic carbocycles. The fourth-order valence-electron chi connectivity index (χ4n) is 3.54. The molecule has 4 unspecified atom stereocenters. The molecular weight excluding hydrogens is 385 g/mol. The van der Waals surface area contributed by atoms with E-state index in [9.17, 15) is 19.8 Å². The summed E-state index contributed by atoms with van der Waals surface area (Å²) in [6.07, 6.45) is 2.51. The van der Waals surface area contributed by atoms with Crippen molar-refractivity contribution in [1.82, 2.24) is 14.9 Å². The number of amides is 1. The number of thiazole rings is 1. The molecule has 26 heavy (non-hydrogen) atoms. The van der Waals surface area contributed by atoms with Crippen molar-refractivity contribution in [2.45, 2.75) is 30.3 Å². The van der Waals surface area contributed by atoms with Crippen LogP contribution < -0.4 is 34.7 Å². The second-order valence-corrected chi connectivity index (χ2v) is 8.50. The topological polar surface area (TPSA) is 106 Å². The monoisotopic (exact) mass is 399 g/mol. The molecule has 1 N–H and O–H groups in total. The number of aliphatic hydroxyl groups excluding tert-OH is 1. The number of hydrogen-bond donors (Lipinski definition) is 1. The van der Waals surface area contributed by atoms with Crippen LogP contribution in [0.1, 0.15) is 13.8 Å². The summed E-state index contributed by atoms with van der Waals surface area (Å²) in [5.74, 6) is -2.53. The number of aliphatic hydroxyl groups is 1. The Morgan fingerprint density at radius 1 is 1.50 bits per heavy atom. The van der Waals surface area contributed by atoms with E-state index >= 15 is 0 Å². The molecule has 0 saturated carbocycles. The first-order chi connectivity index (χ1) is 11.9. The van der Waals surface area contributed by atoms with Gasteiger partial charge >= 0.3 is 29.6 Å². The Morgan fingerprint density at radius 2 is 2.23 bits per heavy atom. The van der Waals surface area contributed by atoms with Crippen molar-refractivity contribution in [2.24, 2.45) is 11.8 Å². The molecule has 1 fully saturated rings. The minimum absolute atomic E-state index is 0. The van der Waals surface area contributed by atoms with E-state index in [2.05, 4.69) is 9.97 Å². The zero-order valence-corrected chi connectivity index (χ0v) is 18.0. The average Bonchev–Trinajstić information content (AvgIpc) is 3.05. The Kier molecular flexibility index (Phi) is 5.49. The van der Waals surface area contributed by atoms with Gasteiger partial charge in [-0.1, -0.05) is 18.7 Å². The molecule has 0 radical (unpaired) electrons. The molecule has 1 amide bonds. The van der Waals surface area contributed by atoms with Crippen molar-refractivity contribution in [3.8, 4) is 0 Å². The summed E-state index contributed by atoms with van der Waals surface area (Å²) in [7, 11) is 0. The third-order valence-electron chi connectivity index (χ3n) is 4.67. The molecule has 2 aromatic heterocycles. The molecule has 2 aromatic rings. The first kappa shape index (κ1) is 19.8. The Hall–Kier alpha value is -0.970. The van der Waals surface area contributed by atoms with Gasteiger partial charge in [-0.3, -0.25) is 9.78 Å². The summed E-state index contributed by atoms with van der Waals surface area (Å²) in [6, 6.07) is 1.50. The first-order valence-electron chi connectivity index (χ1n) is 7.75. The molecule has 4 atom stereocenters. The number of thioether (sulfide) groups is 1. The van der Waals surface area contributed by atoms with Crippen molar-refractivity contribution in [3.05, 3.63) is 29.1 Å². The van der Waals surface area contributed by atoms with Crippen molar-refractivity contribution < 1.29 is 49.4 Å². The van der Waals surface area contributed by atoms with Gasteiger partial charge in [0.25, 0.3) is 0 Å². The van der Waals surface area contributed by atoms with Crippen molar-refractivity contribution >= 4 is 45.2 Å². The van der Waals surface area contributed by atoms with Gasteiger partial charge in [-0.2, -0.15) is 0 Å². The molecule has 0 spiro atoms. The normalized spacial score (nSPS) is 25.7. The Bertz CT molecular complexity index is 896. The maximum Gasteiger partial charge on any atom is 1.00 e. The number of carbonyl (C=O) groups is 2. The predicted octanol–water partition coefficient (Wildman–Crippen LogP) is -2.39. The van der Waals surface area contributed by atoms with E-state index < -0.39 is 18.0 Å². The van der Waals surface area contributed by atoms with Crippen molar-refractivity contribution in [2.75, 3.05) is 0 Å². The van der Waals surface area contributed by atoms with E-state index in [4.69, 9.17) is 0 Å². The van der Waals surface area contributed by atoms with E-state index in [1.807, 2.05) is 13.0 Å². The van der Waals surface area contributed by atoms with Crippen molar-refractivity contribution in [1.29, 1.82) is 0 Å². The fraction of sp³-hybridized carbons (Fsp3) is 0.375. The molecule has 1 saturated heterocycles. The van der Waals surface area contributed by atoms with Gasteiger partial charge in [-0.25, -0.2) is 4.98 Å². The van der Waals surface area contributed by atoms with Gasteiger partial charge in [-0.05, 0) is 13.0 Å². The molecule has 0 aliphatic carbocycles. The molecule has 130 valence electrons. The van der Waals surface area contributed by atoms with Crippen LogP contribution >= 0.6 is 23.1 Å². The minimum atomic E-state index is -1.38. The smallest absolute Gasteiger partial charge is 0.543 e. The summed E-state index contributed by atoms with van der Waals surface area (Å²) >= 11 is 2.69. The van der Waals surface area contributed by atoms with Gasteiger partial charge in [0.05, 0.1) is 40.6 Å². The number of aliphatic carboxylic acids is 1. The average molecular weight is 399 g/mol. The summed E-state index contributed by atoms with van der Waals surface area (Å²) in [5, 5.41) is 21.5. The summed E-state index contributed by atoms with van der Waals surface area (Å²) in [5.41, 5.74) is 0.652. The Balaban J connectivity index is 0.00000196. The van der Waals surface area contributed by atoms with Crippen LogP contribution in [-0.4, -0.2) is 44.0 Å². The second-order valence-electron chi connectivity index (χ2n) is 6.18. The van der Waals surface area contributed by atoms with Gasteiger partial charge in [-0.15, -0.1) is 11.3 Å². The number of rotatable bonds is 4. The van der Waals surface area contributed by atoms with Gasteiger partial charge in [0.2, 0.25) is 5.91 Å². The largest absolute Gasteiger partial charge is 1.00 e. The quantitative estimate of drug-likeness (QED) is 0.452. The van der Waals surface area contributed by atoms with E-state index in [1.54, 1.807) is 19.3 Å². The van der Waals surface area contributed by atoms with Crippen molar-refractivity contribution in [3.63, 3.8) is 0 Å². The zero-order valence-electron chi connectivity index (χ0n) is 14.4. The van der Waals surface area contributed by atoms with Gasteiger partial charge in [0.1, 0.15) is 5.52 Å². The molecule has 7 nitrogen and oxygen atoms in total. The third kappa shape index (κ3) is 2.90. The van der Waals surface area contributed by atoms with E-state index in [0.29, 0.717) is 9.24 Å². The maximum atomic E-state index is 12.3. The number of β-lactam (4-membered cyclic amide) rings is 1. The molecule has 4 rings (SSSR count). The van der Waals surface area contributed by atoms with Crippen LogP contribution in [0.4, 0.5) is 0 Å². The summed E-state index contributed by atoms with van der Waals surface area (Å²) in [4.78, 5) is 34.3. The molecule has 2 aliphatic rings. The number of pyridine rings is 1. The molecule has 4 heterocycles. The van der Waals surface area contributed by atoms with Crippen LogP contribution in [0.5, 0.6) is 0 Å². The van der Waals surface area contributed by atoms with E-state index in [-0.39, 0.29) is 53.1 Å². The van der Waals surface area contributed by atoms with Gasteiger partial charge < -0.3 is 19.9 Å². The maximum absolute atomic E-state index is 12.3. The molecule has 0 bridgehead atoms. The van der Waals surface area contributed by atoms with Gasteiger partial charge in [0, 0.05) is 17.0 Å². The number of carboxylic acid groups (broad SMARTS) is 1. The van der Waals surface area contributed by atoms with Crippen LogP contribution in [0.2, 0.25) is 0 Å². The van der Waals surface area contributed by atoms with Crippen LogP contribution in [0.15, 0.2) is 33.4 Å². The summed E-state index contributed by atoms with van der Waals surface area (Å²) in [6.45, 7) is 3.42. The van der Waals surface area contributed by atoms with Crippen LogP contribution in [0.3, 0.4) is 0 Å². The zero-order chi connectivity index (χ0) is 17.9. The number of carbonyl (C=O) groups excluding carboxylic acids is 2. The number of carboxylic acids is 1. The Labute approximate surface area is 179 Å². The third-order valence-corrected chi connectivity index (χ3v) is 7.05. The first-order valence-corrected chi connectivity index (χ1v) is 9.38. The predicted molar refractivity (Wildman–Crippen MR) is 90.3 cm³/mol. The van der Waals surface area contributed by atoms with Crippen LogP contribution in [0, 0.1) is 11.8 Å². The second kappa shape index (κ2) is 7.21. The molecule has 10 heteroatoms. The van der Waals surface area contributed by atoms with Crippen LogP contribution in [-0.2, 0) is 9.59 Å². The fourth-order valence-corrected chi connectivity index (χ4v) is 5.85. The number of fused-ring (bicyclic) bond motifs is 2. The summed E-state index contributed by atoms with van der Waals surface area (Å²) < 4.78 is 1.65. The number of aromatic nitrogens is 2. The number of nitrogens with zero attached hydrogens (tertiary/aromatic N) is 3. The SMILES string of the molecule is CC(O)C1C(=O)N2C(C(=O)[O-])=C(Sc3nc4cnccc4s3)C(C)C12.[Na+]. The molecule has 2 aliphatic heterocycles. The minimum Gasteiger partial charge on any atom is -0.543 e.